The summed E-state index contributed by atoms with van der Waals surface area (Å²) in [5.74, 6) is -0.387. The van der Waals surface area contributed by atoms with Crippen LogP contribution in [0.25, 0.3) is 0 Å². The van der Waals surface area contributed by atoms with Crippen molar-refractivity contribution < 1.29 is 38.2 Å². The highest BCUT2D eigenvalue weighted by molar-refractivity contribution is 7.46. The zero-order valence-corrected chi connectivity index (χ0v) is 16.5. The number of carbonyl (C=O) groups is 1. The first-order valence-electron chi connectivity index (χ1n) is 7.54. The van der Waals surface area contributed by atoms with Gasteiger partial charge in [0.2, 0.25) is 0 Å². The van der Waals surface area contributed by atoms with Crippen LogP contribution in [0.2, 0.25) is 0 Å². The quantitative estimate of drug-likeness (QED) is 0.205. The molecule has 0 aliphatic carbocycles. The molecule has 26 heavy (non-hydrogen) atoms. The van der Waals surface area contributed by atoms with Crippen molar-refractivity contribution in [2.75, 3.05) is 6.54 Å². The highest BCUT2D eigenvalue weighted by Gasteiger charge is 2.21. The summed E-state index contributed by atoms with van der Waals surface area (Å²) in [7, 11) is -6.25. The summed E-state index contributed by atoms with van der Waals surface area (Å²) in [5, 5.41) is 17.7. The van der Waals surface area contributed by atoms with E-state index in [4.69, 9.17) is 19.2 Å². The van der Waals surface area contributed by atoms with E-state index in [9.17, 15) is 14.5 Å². The van der Waals surface area contributed by atoms with Gasteiger partial charge in [-0.15, -0.1) is 5.11 Å². The molecule has 13 heteroatoms. The average molecular weight is 411 g/mol. The van der Waals surface area contributed by atoms with E-state index in [0.29, 0.717) is 12.8 Å². The summed E-state index contributed by atoms with van der Waals surface area (Å²) < 4.78 is 23.8. The number of pyridine rings is 1. The van der Waals surface area contributed by atoms with Crippen LogP contribution in [0.1, 0.15) is 47.8 Å². The molecule has 4 N–H and O–H groups in total. The molecule has 0 saturated carbocycles. The number of nitrogens with zero attached hydrogens (tertiary/aromatic N) is 3. The number of hydrogen-bond acceptors (Lipinski definition) is 8. The summed E-state index contributed by atoms with van der Waals surface area (Å²) >= 11 is 0. The molecule has 0 aromatic carbocycles. The first-order valence-corrected chi connectivity index (χ1v) is 10.1. The predicted molar refractivity (Wildman–Crippen MR) is 94.4 cm³/mol. The minimum atomic E-state index is -4.75. The van der Waals surface area contributed by atoms with Crippen molar-refractivity contribution >= 4 is 28.6 Å². The van der Waals surface area contributed by atoms with Crippen LogP contribution < -0.4 is 0 Å². The normalized spacial score (nSPS) is 11.7. The third-order valence-electron chi connectivity index (χ3n) is 2.99. The fourth-order valence-electron chi connectivity index (χ4n) is 1.79. The Labute approximate surface area is 151 Å². The lowest BCUT2D eigenvalue weighted by atomic mass is 10.1. The van der Waals surface area contributed by atoms with Crippen LogP contribution in [-0.2, 0) is 20.3 Å². The fourth-order valence-corrected chi connectivity index (χ4v) is 2.08. The van der Waals surface area contributed by atoms with Crippen molar-refractivity contribution in [3.63, 3.8) is 0 Å². The van der Waals surface area contributed by atoms with Crippen molar-refractivity contribution in [3.05, 3.63) is 16.8 Å². The lowest BCUT2D eigenvalue weighted by Gasteiger charge is -2.12. The Morgan fingerprint density at radius 2 is 1.96 bits per heavy atom. The molecule has 1 aromatic rings. The van der Waals surface area contributed by atoms with Crippen molar-refractivity contribution in [1.29, 1.82) is 0 Å². The smallest absolute Gasteiger partial charge is 0.469 e. The van der Waals surface area contributed by atoms with Gasteiger partial charge in [0.05, 0.1) is 24.4 Å². The van der Waals surface area contributed by atoms with E-state index in [1.165, 1.54) is 6.92 Å². The maximum atomic E-state index is 11.2. The SMILES string of the molecule is CCCCCN=Nc1nc(C)c(O)c(C=O)c1COP(=O)(O)O.O=[PH2]O. The monoisotopic (exact) mass is 411 g/mol. The van der Waals surface area contributed by atoms with Gasteiger partial charge < -0.3 is 19.8 Å². The summed E-state index contributed by atoms with van der Waals surface area (Å²) in [4.78, 5) is 39.9. The van der Waals surface area contributed by atoms with Crippen LogP contribution >= 0.6 is 16.5 Å². The molecule has 0 spiro atoms. The number of aromatic hydroxyl groups is 1. The van der Waals surface area contributed by atoms with Crippen LogP contribution in [0.4, 0.5) is 5.82 Å². The summed E-state index contributed by atoms with van der Waals surface area (Å²) in [6.07, 6.45) is 3.22. The number of phosphoric acid groups is 1. The molecule has 1 heterocycles. The molecular formula is C13H23N3O8P2. The third kappa shape index (κ3) is 9.28. The van der Waals surface area contributed by atoms with Gasteiger partial charge in [0.25, 0.3) is 0 Å². The van der Waals surface area contributed by atoms with Gasteiger partial charge in [0.1, 0.15) is 5.75 Å². The van der Waals surface area contributed by atoms with Crippen LogP contribution in [0.5, 0.6) is 5.75 Å². The molecule has 0 fully saturated rings. The highest BCUT2D eigenvalue weighted by Crippen LogP contribution is 2.39. The van der Waals surface area contributed by atoms with E-state index in [1.807, 2.05) is 0 Å². The number of phosphoric ester groups is 1. The van der Waals surface area contributed by atoms with E-state index in [-0.39, 0.29) is 28.4 Å². The van der Waals surface area contributed by atoms with Crippen LogP contribution in [0, 0.1) is 6.92 Å². The first-order chi connectivity index (χ1) is 12.2. The number of carbonyl (C=O) groups excluding carboxylic acids is 1. The maximum Gasteiger partial charge on any atom is 0.469 e. The number of hydrogen-bond donors (Lipinski definition) is 4. The Hall–Kier alpha value is -1.48. The lowest BCUT2D eigenvalue weighted by Crippen LogP contribution is -2.01. The number of aromatic nitrogens is 1. The highest BCUT2D eigenvalue weighted by atomic mass is 31.2. The number of unbranched alkanes of at least 4 members (excludes halogenated alkanes) is 2. The predicted octanol–water partition coefficient (Wildman–Crippen LogP) is 2.44. The molecule has 0 saturated heterocycles. The zero-order chi connectivity index (χ0) is 20.2. The Morgan fingerprint density at radius 1 is 1.35 bits per heavy atom. The minimum absolute atomic E-state index is 0.00708. The second-order valence-electron chi connectivity index (χ2n) is 4.92. The molecule has 0 aliphatic heterocycles. The van der Waals surface area contributed by atoms with Gasteiger partial charge in [-0.1, -0.05) is 19.8 Å². The lowest BCUT2D eigenvalue weighted by molar-refractivity contribution is 0.111. The van der Waals surface area contributed by atoms with Gasteiger partial charge in [-0.3, -0.25) is 13.9 Å². The Balaban J connectivity index is 0.00000194. The molecule has 0 aliphatic rings. The summed E-state index contributed by atoms with van der Waals surface area (Å²) in [6.45, 7) is 3.37. The van der Waals surface area contributed by atoms with Crippen LogP contribution in [0.15, 0.2) is 10.2 Å². The van der Waals surface area contributed by atoms with E-state index >= 15 is 0 Å². The topological polar surface area (TPSA) is 179 Å². The van der Waals surface area contributed by atoms with E-state index in [2.05, 4.69) is 26.7 Å². The number of aldehydes is 1. The maximum absolute atomic E-state index is 11.2. The molecule has 0 radical (unpaired) electrons. The van der Waals surface area contributed by atoms with E-state index in [1.54, 1.807) is 0 Å². The van der Waals surface area contributed by atoms with Crippen molar-refractivity contribution in [2.24, 2.45) is 10.2 Å². The number of aryl methyl sites for hydroxylation is 1. The van der Waals surface area contributed by atoms with Gasteiger partial charge in [-0.05, 0) is 13.3 Å². The van der Waals surface area contributed by atoms with Gasteiger partial charge in [0.15, 0.2) is 20.8 Å². The Kier molecular flexibility index (Phi) is 12.1. The zero-order valence-electron chi connectivity index (χ0n) is 14.4. The Morgan fingerprint density at radius 3 is 2.46 bits per heavy atom. The molecule has 1 atom stereocenters. The standard InChI is InChI=1S/C13H20N3O6P.H3O2P/c1-3-4-5-6-14-16-13-11(8-22-23(19,20)21)10(7-17)12(18)9(2)15-13;1-3-2/h7,18H,3-6,8H2,1-2H3,(H2,19,20,21);3H2,(H,1,2). The second kappa shape index (κ2) is 12.8. The number of rotatable bonds is 9. The average Bonchev–Trinajstić information content (AvgIpc) is 2.56. The summed E-state index contributed by atoms with van der Waals surface area (Å²) in [5.41, 5.74) is -0.0336. The largest absolute Gasteiger partial charge is 0.505 e. The van der Waals surface area contributed by atoms with Gasteiger partial charge >= 0.3 is 7.82 Å². The van der Waals surface area contributed by atoms with Crippen LogP contribution in [-0.4, -0.2) is 37.6 Å². The molecular weight excluding hydrogens is 388 g/mol. The van der Waals surface area contributed by atoms with Gasteiger partial charge in [0, 0.05) is 5.56 Å². The molecule has 1 unspecified atom stereocenters. The first kappa shape index (κ1) is 24.5. The van der Waals surface area contributed by atoms with Gasteiger partial charge in [-0.2, -0.15) is 5.11 Å². The summed E-state index contributed by atoms with van der Waals surface area (Å²) in [6, 6.07) is 0. The van der Waals surface area contributed by atoms with Crippen molar-refractivity contribution in [2.45, 2.75) is 39.7 Å². The van der Waals surface area contributed by atoms with Gasteiger partial charge in [-0.25, -0.2) is 9.55 Å². The van der Waals surface area contributed by atoms with E-state index in [0.717, 1.165) is 19.3 Å². The second-order valence-corrected chi connectivity index (χ2v) is 6.37. The van der Waals surface area contributed by atoms with E-state index < -0.39 is 23.1 Å². The minimum Gasteiger partial charge on any atom is -0.505 e. The molecule has 1 aromatic heterocycles. The molecule has 1 rings (SSSR count). The molecule has 148 valence electrons. The van der Waals surface area contributed by atoms with Crippen LogP contribution in [0.3, 0.4) is 0 Å². The Bertz CT molecular complexity index is 678. The van der Waals surface area contributed by atoms with Crippen molar-refractivity contribution in [1.82, 2.24) is 4.98 Å². The number of azo groups is 1. The van der Waals surface area contributed by atoms with Crippen molar-refractivity contribution in [3.8, 4) is 5.75 Å². The molecule has 0 bridgehead atoms. The third-order valence-corrected chi connectivity index (χ3v) is 3.45. The fraction of sp³-hybridized carbons (Fsp3) is 0.538. The molecule has 0 amide bonds. The molecule has 11 nitrogen and oxygen atoms in total.